The number of anilines is 1. The molecule has 1 atom stereocenters. The number of hydrogen-bond donors (Lipinski definition) is 2. The molecule has 0 spiro atoms. The molecule has 2 fully saturated rings. The minimum atomic E-state index is -0.752. The van der Waals surface area contributed by atoms with Crippen LogP contribution in [-0.2, 0) is 9.59 Å². The Morgan fingerprint density at radius 3 is 2.62 bits per heavy atom. The van der Waals surface area contributed by atoms with Gasteiger partial charge in [0.05, 0.1) is 5.92 Å². The summed E-state index contributed by atoms with van der Waals surface area (Å²) in [6.45, 7) is 3.56. The van der Waals surface area contributed by atoms with Gasteiger partial charge in [-0.25, -0.2) is 0 Å². The molecular formula is C26H29Cl2IN3O4S-. The Bertz CT molecular complexity index is 1160. The number of aliphatic carboxylic acids is 1. The van der Waals surface area contributed by atoms with Crippen molar-refractivity contribution in [1.82, 2.24) is 8.01 Å². The van der Waals surface area contributed by atoms with Crippen molar-refractivity contribution in [3.05, 3.63) is 58.1 Å². The molecule has 2 heterocycles. The van der Waals surface area contributed by atoms with Gasteiger partial charge in [0.2, 0.25) is 0 Å². The second-order valence-corrected chi connectivity index (χ2v) is 13.4. The number of hydrogen-bond acceptors (Lipinski definition) is 6. The van der Waals surface area contributed by atoms with Gasteiger partial charge in [0, 0.05) is 13.1 Å². The normalized spacial score (nSPS) is 19.2. The zero-order valence-corrected chi connectivity index (χ0v) is 24.6. The number of alkyl halides is 1. The molecule has 4 rings (SSSR count). The van der Waals surface area contributed by atoms with Gasteiger partial charge in [0.1, 0.15) is 0 Å². The summed E-state index contributed by atoms with van der Waals surface area (Å²) >= 11 is 14.5. The smallest absolute Gasteiger partial charge is 0.0311 e. The average Bonchev–Trinajstić information content (AvgIpc) is 2.91. The maximum atomic E-state index is 12.7. The van der Waals surface area contributed by atoms with Gasteiger partial charge in [-0.05, 0) is 18.9 Å². The number of halogens is 3. The summed E-state index contributed by atoms with van der Waals surface area (Å²) in [5.41, 5.74) is 1.66. The van der Waals surface area contributed by atoms with Crippen LogP contribution in [0.4, 0.5) is 5.69 Å². The summed E-state index contributed by atoms with van der Waals surface area (Å²) in [6, 6.07) is 11.7. The van der Waals surface area contributed by atoms with E-state index >= 15 is 0 Å². The Kier molecular flexibility index (Phi) is 10.4. The van der Waals surface area contributed by atoms with Gasteiger partial charge in [-0.2, -0.15) is 0 Å². The fourth-order valence-corrected chi connectivity index (χ4v) is 8.45. The van der Waals surface area contributed by atoms with E-state index < -0.39 is 5.97 Å². The molecule has 0 saturated carbocycles. The number of carboxylic acids is 1. The van der Waals surface area contributed by atoms with E-state index in [0.29, 0.717) is 41.7 Å². The Labute approximate surface area is 242 Å². The van der Waals surface area contributed by atoms with E-state index in [1.807, 2.05) is 41.3 Å². The summed E-state index contributed by atoms with van der Waals surface area (Å²) in [7, 11) is 0. The topological polar surface area (TPSA) is 84.3 Å². The Balaban J connectivity index is 1.45. The molecule has 1 amide bonds. The third-order valence-electron chi connectivity index (χ3n) is 6.31. The van der Waals surface area contributed by atoms with Crippen molar-refractivity contribution in [3.8, 4) is 0 Å². The number of amides is 1. The number of carboxylic acid groups (broad SMARTS) is 1. The van der Waals surface area contributed by atoms with E-state index in [1.54, 1.807) is 12.2 Å². The molecular weight excluding hydrogens is 648 g/mol. The van der Waals surface area contributed by atoms with Crippen LogP contribution in [0.1, 0.15) is 18.4 Å². The average molecular weight is 677 g/mol. The SMILES string of the molecule is O=C(O)C1CCCN(c2ccccc2Sc2ccc(/C=C/C(=O)N3CCN(CCO)[I-]C3)c(Cl)c2Cl)C1. The summed E-state index contributed by atoms with van der Waals surface area (Å²) in [4.78, 5) is 29.9. The summed E-state index contributed by atoms with van der Waals surface area (Å²) in [6.07, 6.45) is 4.78. The van der Waals surface area contributed by atoms with Crippen LogP contribution in [0.5, 0.6) is 0 Å². The Morgan fingerprint density at radius 2 is 1.89 bits per heavy atom. The monoisotopic (exact) mass is 676 g/mol. The molecule has 2 aromatic carbocycles. The van der Waals surface area contributed by atoms with E-state index in [4.69, 9.17) is 28.3 Å². The van der Waals surface area contributed by atoms with E-state index in [0.717, 1.165) is 39.5 Å². The molecule has 37 heavy (non-hydrogen) atoms. The predicted octanol–water partition coefficient (Wildman–Crippen LogP) is 1.56. The maximum Gasteiger partial charge on any atom is 0.0311 e. The van der Waals surface area contributed by atoms with Crippen LogP contribution in [0.15, 0.2) is 52.3 Å². The molecule has 0 aromatic heterocycles. The minimum absolute atomic E-state index is 0.0517. The zero-order chi connectivity index (χ0) is 26.4. The quantitative estimate of drug-likeness (QED) is 0.144. The molecule has 7 nitrogen and oxygen atoms in total. The van der Waals surface area contributed by atoms with Gasteiger partial charge < -0.3 is 10.0 Å². The molecule has 2 aromatic rings. The van der Waals surface area contributed by atoms with Gasteiger partial charge in [0.15, 0.2) is 0 Å². The fraction of sp³-hybridized carbons (Fsp3) is 0.385. The second kappa shape index (κ2) is 13.5. The van der Waals surface area contributed by atoms with Gasteiger partial charge in [0.25, 0.3) is 0 Å². The van der Waals surface area contributed by atoms with E-state index in [1.165, 1.54) is 11.8 Å². The minimum Gasteiger partial charge on any atom is 0.0311 e. The van der Waals surface area contributed by atoms with Crippen molar-refractivity contribution >= 4 is 58.6 Å². The van der Waals surface area contributed by atoms with Gasteiger partial charge in [-0.15, -0.1) is 0 Å². The second-order valence-electron chi connectivity index (χ2n) is 8.78. The molecule has 1 unspecified atom stereocenters. The van der Waals surface area contributed by atoms with Gasteiger partial charge >= 0.3 is 178 Å². The number of para-hydroxylation sites is 1. The van der Waals surface area contributed by atoms with Crippen LogP contribution in [-0.4, -0.2) is 74.0 Å². The molecule has 2 aliphatic heterocycles. The first-order valence-electron chi connectivity index (χ1n) is 12.0. The van der Waals surface area contributed by atoms with Crippen molar-refractivity contribution in [2.24, 2.45) is 5.92 Å². The number of carbonyl (C=O) groups excluding carboxylic acids is 1. The predicted molar refractivity (Wildman–Crippen MR) is 144 cm³/mol. The maximum absolute atomic E-state index is 12.7. The van der Waals surface area contributed by atoms with E-state index in [-0.39, 0.29) is 39.9 Å². The number of aliphatic hydroxyl groups excluding tert-OH is 1. The molecule has 2 aliphatic rings. The fourth-order valence-electron chi connectivity index (χ4n) is 4.28. The molecule has 0 aliphatic carbocycles. The third kappa shape index (κ3) is 7.33. The summed E-state index contributed by atoms with van der Waals surface area (Å²) < 4.78 is 2.98. The zero-order valence-electron chi connectivity index (χ0n) is 20.2. The molecule has 2 saturated heterocycles. The molecule has 0 radical (unpaired) electrons. The van der Waals surface area contributed by atoms with Crippen LogP contribution in [0.2, 0.25) is 10.0 Å². The number of benzene rings is 2. The van der Waals surface area contributed by atoms with Gasteiger partial charge in [-0.1, -0.05) is 12.1 Å². The number of piperidine rings is 1. The van der Waals surface area contributed by atoms with Crippen LogP contribution in [0.3, 0.4) is 0 Å². The van der Waals surface area contributed by atoms with E-state index in [9.17, 15) is 14.7 Å². The first-order chi connectivity index (χ1) is 17.9. The van der Waals surface area contributed by atoms with E-state index in [2.05, 4.69) is 8.01 Å². The first-order valence-corrected chi connectivity index (χ1v) is 16.1. The molecule has 11 heteroatoms. The molecule has 2 N–H and O–H groups in total. The summed E-state index contributed by atoms with van der Waals surface area (Å²) in [5, 5.41) is 19.4. The van der Waals surface area contributed by atoms with Crippen molar-refractivity contribution in [1.29, 1.82) is 0 Å². The number of nitrogens with zero attached hydrogens (tertiary/aromatic N) is 3. The number of rotatable bonds is 8. The van der Waals surface area contributed by atoms with Crippen LogP contribution in [0.25, 0.3) is 6.08 Å². The standard InChI is InChI=1S/C26H29Cl2IN3O4S/c27-24-18(8-10-23(34)31-12-13-32(14-15-33)29-17-31)7-9-22(25(24)28)37-21-6-2-1-5-20(21)30-11-3-4-19(16-30)26(35)36/h1-2,5-10,19,33H,3-4,11-17H2,(H,35,36)/q-1/b10-8+. The van der Waals surface area contributed by atoms with Crippen molar-refractivity contribution in [3.63, 3.8) is 0 Å². The first kappa shape index (κ1) is 28.5. The Hall–Kier alpha value is -1.50. The van der Waals surface area contributed by atoms with Crippen LogP contribution >= 0.6 is 35.0 Å². The van der Waals surface area contributed by atoms with Gasteiger partial charge in [-0.3, -0.25) is 4.79 Å². The van der Waals surface area contributed by atoms with Crippen molar-refractivity contribution in [2.75, 3.05) is 48.8 Å². The third-order valence-corrected chi connectivity index (χ3v) is 11.5. The van der Waals surface area contributed by atoms with Crippen LogP contribution < -0.4 is 26.4 Å². The Morgan fingerprint density at radius 1 is 1.08 bits per heavy atom. The molecule has 0 bridgehead atoms. The van der Waals surface area contributed by atoms with Crippen LogP contribution in [0, 0.1) is 5.92 Å². The molecule has 200 valence electrons. The number of β-amino-alcohol motifs (C(OH)–C–C–N with tert-alkyl or cyclic N) is 1. The number of aliphatic hydroxyl groups is 1. The number of carbonyl (C=O) groups is 2. The summed E-state index contributed by atoms with van der Waals surface area (Å²) in [5.74, 6) is -1.17. The largest absolute Gasteiger partial charge is 0.0311 e. The van der Waals surface area contributed by atoms with Crippen molar-refractivity contribution in [2.45, 2.75) is 22.6 Å². The van der Waals surface area contributed by atoms with Crippen molar-refractivity contribution < 1.29 is 41.3 Å².